The molecule has 0 fully saturated rings. The van der Waals surface area contributed by atoms with Crippen LogP contribution in [0.4, 0.5) is 0 Å². The maximum atomic E-state index is 4.17. The highest BCUT2D eigenvalue weighted by Crippen LogP contribution is 1.75. The van der Waals surface area contributed by atoms with E-state index in [1.54, 1.807) is 21.6 Å². The molecule has 0 heterocycles. The molecule has 4 heteroatoms. The van der Waals surface area contributed by atoms with E-state index in [1.165, 1.54) is 0 Å². The maximum Gasteiger partial charge on any atom is -0.00345 e. The van der Waals surface area contributed by atoms with Crippen LogP contribution in [-0.4, -0.2) is 0 Å². The third-order valence-electron chi connectivity index (χ3n) is 1.89. The van der Waals surface area contributed by atoms with Crippen molar-refractivity contribution < 1.29 is 0 Å². The molecule has 0 N–H and O–H groups in total. The van der Waals surface area contributed by atoms with Gasteiger partial charge in [0.2, 0.25) is 0 Å². The molecule has 0 radical (unpaired) electrons. The third kappa shape index (κ3) is 2.37. The highest BCUT2D eigenvalue weighted by Gasteiger charge is 1.89. The summed E-state index contributed by atoms with van der Waals surface area (Å²) in [5.74, 6) is 0. The second-order valence-electron chi connectivity index (χ2n) is 2.59. The first-order valence-corrected chi connectivity index (χ1v) is 5.91. The molecule has 1 aromatic rings. The Balaban J connectivity index is 4.05. The van der Waals surface area contributed by atoms with Crippen molar-refractivity contribution in [2.24, 2.45) is 0 Å². The summed E-state index contributed by atoms with van der Waals surface area (Å²) in [7, 11) is 0. The molecule has 0 aliphatic carbocycles. The lowest BCUT2D eigenvalue weighted by Gasteiger charge is -1.92. The summed E-state index contributed by atoms with van der Waals surface area (Å²) in [6.07, 6.45) is 0. The van der Waals surface area contributed by atoms with Crippen LogP contribution in [0.5, 0.6) is 0 Å². The Morgan fingerprint density at radius 1 is 0.643 bits per heavy atom. The van der Waals surface area contributed by atoms with E-state index >= 15 is 0 Å². The van der Waals surface area contributed by atoms with Crippen LogP contribution in [-0.2, 0) is 0 Å². The molecule has 14 heavy (non-hydrogen) atoms. The van der Waals surface area contributed by atoms with Crippen molar-refractivity contribution in [2.75, 3.05) is 0 Å². The predicted molar refractivity (Wildman–Crippen MR) is 78.7 cm³/mol. The van der Waals surface area contributed by atoms with Gasteiger partial charge in [-0.05, 0) is 42.5 Å². The van der Waals surface area contributed by atoms with Crippen LogP contribution >= 0.6 is 50.5 Å². The Morgan fingerprint density at radius 2 is 1.00 bits per heavy atom. The van der Waals surface area contributed by atoms with Crippen molar-refractivity contribution in [2.45, 2.75) is 0 Å². The summed E-state index contributed by atoms with van der Waals surface area (Å²) in [5.41, 5.74) is 0. The summed E-state index contributed by atoms with van der Waals surface area (Å²) in [4.78, 5) is 0. The summed E-state index contributed by atoms with van der Waals surface area (Å²) >= 11 is 16.6. The van der Waals surface area contributed by atoms with Gasteiger partial charge in [0.15, 0.2) is 0 Å². The van der Waals surface area contributed by atoms with Gasteiger partial charge >= 0.3 is 0 Å². The topological polar surface area (TPSA) is 0 Å². The van der Waals surface area contributed by atoms with E-state index in [4.69, 9.17) is 0 Å². The Bertz CT molecular complexity index is 492. The number of hydrogen-bond acceptors (Lipinski definition) is 4. The van der Waals surface area contributed by atoms with Crippen LogP contribution in [0, 0.1) is 0 Å². The van der Waals surface area contributed by atoms with Gasteiger partial charge in [0.05, 0.1) is 0 Å². The second-order valence-corrected chi connectivity index (χ2v) is 3.62. The fraction of sp³-hybridized carbons (Fsp3) is 0. The van der Waals surface area contributed by atoms with Gasteiger partial charge in [-0.1, -0.05) is 12.1 Å². The average Bonchev–Trinajstić information content (AvgIpc) is 2.26. The molecule has 0 atom stereocenters. The smallest absolute Gasteiger partial charge is 0.00345 e. The molecule has 0 unspecified atom stereocenters. The van der Waals surface area contributed by atoms with E-state index in [0.717, 1.165) is 20.9 Å². The third-order valence-corrected chi connectivity index (χ3v) is 2.96. The Hall–Kier alpha value is 0.1000. The first kappa shape index (κ1) is 12.2. The second kappa shape index (κ2) is 5.85. The maximum absolute atomic E-state index is 4.17. The van der Waals surface area contributed by atoms with E-state index < -0.39 is 0 Å². The van der Waals surface area contributed by atoms with E-state index in [9.17, 15) is 0 Å². The molecular weight excluding hydrogens is 248 g/mol. The lowest BCUT2D eigenvalue weighted by atomic mass is 10.2. The zero-order valence-corrected chi connectivity index (χ0v) is 10.8. The first-order valence-electron chi connectivity index (χ1n) is 3.85. The van der Waals surface area contributed by atoms with Gasteiger partial charge in [0.1, 0.15) is 0 Å². The van der Waals surface area contributed by atoms with Crippen LogP contribution in [0.25, 0.3) is 21.6 Å². The van der Waals surface area contributed by atoms with Gasteiger partial charge in [0, 0.05) is 0 Å². The molecule has 1 aromatic carbocycles. The van der Waals surface area contributed by atoms with Gasteiger partial charge in [-0.3, -0.25) is 0 Å². The molecule has 0 amide bonds. The monoisotopic (exact) mass is 258 g/mol. The summed E-state index contributed by atoms with van der Waals surface area (Å²) < 4.78 is 0. The Kier molecular flexibility index (Phi) is 5.09. The van der Waals surface area contributed by atoms with Crippen molar-refractivity contribution in [1.29, 1.82) is 0 Å². The van der Waals surface area contributed by atoms with Crippen LogP contribution < -0.4 is 20.9 Å². The molecule has 0 aliphatic rings. The van der Waals surface area contributed by atoms with Gasteiger partial charge in [-0.15, -0.1) is 0 Å². The standard InChI is InChI=1S/C10H10S4/c11-3-7-1-2-8(4-12)10(6-14)9(7)5-13/h1-6,11-14H/b7-3+,8-4?,9-5+,10-6?. The van der Waals surface area contributed by atoms with Gasteiger partial charge < -0.3 is 0 Å². The molecular formula is C10H10S4. The van der Waals surface area contributed by atoms with Crippen molar-refractivity contribution in [1.82, 2.24) is 0 Å². The summed E-state index contributed by atoms with van der Waals surface area (Å²) in [5, 5.41) is 11.0. The van der Waals surface area contributed by atoms with Crippen molar-refractivity contribution >= 4 is 72.1 Å². The molecule has 1 rings (SSSR count). The SMILES string of the molecule is SC=c1ccc(=C\S)/c(=C\S)c1=CS. The number of rotatable bonds is 0. The zero-order valence-electron chi connectivity index (χ0n) is 7.25. The van der Waals surface area contributed by atoms with Crippen molar-refractivity contribution in [3.8, 4) is 0 Å². The van der Waals surface area contributed by atoms with Crippen LogP contribution in [0.15, 0.2) is 12.1 Å². The summed E-state index contributed by atoms with van der Waals surface area (Å²) in [6.45, 7) is 0. The van der Waals surface area contributed by atoms with Crippen LogP contribution in [0.2, 0.25) is 0 Å². The van der Waals surface area contributed by atoms with E-state index in [0.29, 0.717) is 0 Å². The predicted octanol–water partition coefficient (Wildman–Crippen LogP) is 0.358. The number of hydrogen-bond donors (Lipinski definition) is 4. The van der Waals surface area contributed by atoms with Gasteiger partial charge in [-0.25, -0.2) is 0 Å². The highest BCUT2D eigenvalue weighted by molar-refractivity contribution is 7.89. The van der Waals surface area contributed by atoms with Crippen molar-refractivity contribution in [3.05, 3.63) is 33.0 Å². The lowest BCUT2D eigenvalue weighted by Crippen LogP contribution is -2.46. The van der Waals surface area contributed by atoms with E-state index in [2.05, 4.69) is 50.5 Å². The van der Waals surface area contributed by atoms with Crippen molar-refractivity contribution in [3.63, 3.8) is 0 Å². The first-order chi connectivity index (χ1) is 6.78. The van der Waals surface area contributed by atoms with Crippen LogP contribution in [0.3, 0.4) is 0 Å². The van der Waals surface area contributed by atoms with E-state index in [1.807, 2.05) is 12.1 Å². The average molecular weight is 258 g/mol. The highest BCUT2D eigenvalue weighted by atomic mass is 32.1. The Labute approximate surface area is 105 Å². The fourth-order valence-electron chi connectivity index (χ4n) is 1.18. The number of thiol groups is 4. The Morgan fingerprint density at radius 3 is 1.21 bits per heavy atom. The quantitative estimate of drug-likeness (QED) is 0.475. The normalized spacial score (nSPS) is 16.9. The number of benzene rings is 1. The lowest BCUT2D eigenvalue weighted by molar-refractivity contribution is 1.42. The summed E-state index contributed by atoms with van der Waals surface area (Å²) in [6, 6.07) is 3.94. The minimum Gasteiger partial charge on any atom is -0.151 e. The molecule has 0 nitrogen and oxygen atoms in total. The van der Waals surface area contributed by atoms with Gasteiger partial charge in [0.25, 0.3) is 0 Å². The minimum absolute atomic E-state index is 1.00. The van der Waals surface area contributed by atoms with Gasteiger partial charge in [-0.2, -0.15) is 50.5 Å². The molecule has 0 saturated carbocycles. The zero-order chi connectivity index (χ0) is 10.6. The fourth-order valence-corrected chi connectivity index (χ4v) is 2.21. The molecule has 0 aromatic heterocycles. The largest absolute Gasteiger partial charge is 0.151 e. The molecule has 74 valence electrons. The molecule has 0 saturated heterocycles. The molecule has 0 aliphatic heterocycles. The molecule has 0 bridgehead atoms. The van der Waals surface area contributed by atoms with E-state index in [-0.39, 0.29) is 0 Å². The molecule has 0 spiro atoms. The minimum atomic E-state index is 1.00. The van der Waals surface area contributed by atoms with Crippen LogP contribution in [0.1, 0.15) is 0 Å².